The number of hydrogen-bond acceptors (Lipinski definition) is 3. The highest BCUT2D eigenvalue weighted by Crippen LogP contribution is 2.07. The first-order chi connectivity index (χ1) is 8.28. The van der Waals surface area contributed by atoms with E-state index in [4.69, 9.17) is 4.74 Å². The summed E-state index contributed by atoms with van der Waals surface area (Å²) in [6.07, 6.45) is 5.32. The molecule has 0 aliphatic rings. The predicted molar refractivity (Wildman–Crippen MR) is 71.2 cm³/mol. The van der Waals surface area contributed by atoms with Crippen LogP contribution in [0.5, 0.6) is 0 Å². The molecule has 1 rings (SSSR count). The fourth-order valence-electron chi connectivity index (χ4n) is 1.42. The average Bonchev–Trinajstić information content (AvgIpc) is 2.49. The molecule has 0 aliphatic heterocycles. The summed E-state index contributed by atoms with van der Waals surface area (Å²) in [5, 5.41) is 6.89. The lowest BCUT2D eigenvalue weighted by atomic mass is 10.2. The summed E-state index contributed by atoms with van der Waals surface area (Å²) in [4.78, 5) is 11.4. The Hall–Kier alpha value is -1.78. The van der Waals surface area contributed by atoms with Crippen LogP contribution in [-0.4, -0.2) is 28.0 Å². The molecule has 1 heterocycles. The molecule has 1 amide bonds. The van der Waals surface area contributed by atoms with Crippen molar-refractivity contribution in [2.45, 2.75) is 33.3 Å². The minimum absolute atomic E-state index is 0.407. The van der Waals surface area contributed by atoms with E-state index in [1.165, 1.54) is 0 Å². The molecular formula is C13H21N3O2. The largest absolute Gasteiger partial charge is 0.444 e. The summed E-state index contributed by atoms with van der Waals surface area (Å²) in [5.74, 6) is 0. The molecule has 0 spiro atoms. The molecule has 1 aromatic heterocycles. The SMILES string of the molecule is Cc1nn(C)cc1C=CCNC(=O)OC(C)(C)C. The van der Waals surface area contributed by atoms with Gasteiger partial charge in [0.2, 0.25) is 0 Å². The molecule has 100 valence electrons. The maximum atomic E-state index is 11.4. The summed E-state index contributed by atoms with van der Waals surface area (Å²) in [6, 6.07) is 0. The van der Waals surface area contributed by atoms with E-state index in [1.807, 2.05) is 53.1 Å². The molecule has 0 unspecified atom stereocenters. The number of carbonyl (C=O) groups excluding carboxylic acids is 1. The monoisotopic (exact) mass is 251 g/mol. The van der Waals surface area contributed by atoms with Gasteiger partial charge in [-0.1, -0.05) is 12.2 Å². The van der Waals surface area contributed by atoms with E-state index >= 15 is 0 Å². The second-order valence-corrected chi connectivity index (χ2v) is 5.13. The highest BCUT2D eigenvalue weighted by atomic mass is 16.6. The third-order valence-electron chi connectivity index (χ3n) is 2.11. The second-order valence-electron chi connectivity index (χ2n) is 5.13. The van der Waals surface area contributed by atoms with Gasteiger partial charge in [-0.2, -0.15) is 5.10 Å². The van der Waals surface area contributed by atoms with E-state index in [1.54, 1.807) is 4.68 Å². The van der Waals surface area contributed by atoms with E-state index in [0.29, 0.717) is 6.54 Å². The molecule has 1 N–H and O–H groups in total. The van der Waals surface area contributed by atoms with Crippen LogP contribution in [0.1, 0.15) is 32.0 Å². The van der Waals surface area contributed by atoms with Crippen LogP contribution in [0.4, 0.5) is 4.79 Å². The number of nitrogens with one attached hydrogen (secondary N) is 1. The molecule has 0 aromatic carbocycles. The van der Waals surface area contributed by atoms with E-state index in [-0.39, 0.29) is 0 Å². The smallest absolute Gasteiger partial charge is 0.407 e. The van der Waals surface area contributed by atoms with E-state index in [2.05, 4.69) is 10.4 Å². The number of rotatable bonds is 3. The molecule has 1 aromatic rings. The molecule has 0 bridgehead atoms. The molecule has 5 heteroatoms. The Morgan fingerprint density at radius 3 is 2.72 bits per heavy atom. The van der Waals surface area contributed by atoms with Crippen LogP contribution < -0.4 is 5.32 Å². The van der Waals surface area contributed by atoms with Crippen molar-refractivity contribution >= 4 is 12.2 Å². The second kappa shape index (κ2) is 5.71. The van der Waals surface area contributed by atoms with Crippen molar-refractivity contribution in [1.29, 1.82) is 0 Å². The number of ether oxygens (including phenoxy) is 1. The summed E-state index contributed by atoms with van der Waals surface area (Å²) >= 11 is 0. The van der Waals surface area contributed by atoms with Crippen LogP contribution in [0.25, 0.3) is 6.08 Å². The molecular weight excluding hydrogens is 230 g/mol. The zero-order valence-corrected chi connectivity index (χ0v) is 11.7. The van der Waals surface area contributed by atoms with Gasteiger partial charge in [0, 0.05) is 25.4 Å². The predicted octanol–water partition coefficient (Wildman–Crippen LogP) is 2.27. The van der Waals surface area contributed by atoms with Gasteiger partial charge in [-0.15, -0.1) is 0 Å². The van der Waals surface area contributed by atoms with Crippen molar-refractivity contribution in [3.05, 3.63) is 23.5 Å². The Bertz CT molecular complexity index is 442. The molecule has 18 heavy (non-hydrogen) atoms. The zero-order chi connectivity index (χ0) is 13.8. The number of amides is 1. The van der Waals surface area contributed by atoms with Crippen molar-refractivity contribution < 1.29 is 9.53 Å². The molecule has 0 fully saturated rings. The Kier molecular flexibility index (Phi) is 4.53. The lowest BCUT2D eigenvalue weighted by molar-refractivity contribution is 0.0534. The Morgan fingerprint density at radius 1 is 1.56 bits per heavy atom. The Balaban J connectivity index is 2.38. The lowest BCUT2D eigenvalue weighted by Gasteiger charge is -2.19. The van der Waals surface area contributed by atoms with Crippen molar-refractivity contribution in [3.8, 4) is 0 Å². The number of hydrogen-bond donors (Lipinski definition) is 1. The third kappa shape index (κ3) is 5.03. The first-order valence-electron chi connectivity index (χ1n) is 5.91. The van der Waals surface area contributed by atoms with Gasteiger partial charge in [0.1, 0.15) is 5.60 Å². The maximum Gasteiger partial charge on any atom is 0.407 e. The van der Waals surface area contributed by atoms with Crippen molar-refractivity contribution in [2.75, 3.05) is 6.54 Å². The highest BCUT2D eigenvalue weighted by molar-refractivity contribution is 5.68. The first-order valence-corrected chi connectivity index (χ1v) is 5.91. The maximum absolute atomic E-state index is 11.4. The zero-order valence-electron chi connectivity index (χ0n) is 11.7. The number of carbonyl (C=O) groups is 1. The fraction of sp³-hybridized carbons (Fsp3) is 0.538. The van der Waals surface area contributed by atoms with Crippen molar-refractivity contribution in [3.63, 3.8) is 0 Å². The standard InChI is InChI=1S/C13H21N3O2/c1-10-11(9-16(5)15-10)7-6-8-14-12(17)18-13(2,3)4/h6-7,9H,8H2,1-5H3,(H,14,17). The minimum Gasteiger partial charge on any atom is -0.444 e. The molecule has 0 atom stereocenters. The third-order valence-corrected chi connectivity index (χ3v) is 2.11. The normalized spacial score (nSPS) is 11.8. The summed E-state index contributed by atoms with van der Waals surface area (Å²) in [7, 11) is 1.88. The van der Waals surface area contributed by atoms with Crippen molar-refractivity contribution in [1.82, 2.24) is 15.1 Å². The molecule has 0 aliphatic carbocycles. The average molecular weight is 251 g/mol. The van der Waals surface area contributed by atoms with Gasteiger partial charge in [-0.05, 0) is 27.7 Å². The van der Waals surface area contributed by atoms with Crippen LogP contribution >= 0.6 is 0 Å². The van der Waals surface area contributed by atoms with E-state index < -0.39 is 11.7 Å². The van der Waals surface area contributed by atoms with Crippen molar-refractivity contribution in [2.24, 2.45) is 7.05 Å². The van der Waals surface area contributed by atoms with Crippen LogP contribution in [0.2, 0.25) is 0 Å². The van der Waals surface area contributed by atoms with Gasteiger partial charge < -0.3 is 10.1 Å². The summed E-state index contributed by atoms with van der Waals surface area (Å²) in [5.41, 5.74) is 1.54. The number of aromatic nitrogens is 2. The number of aryl methyl sites for hydroxylation is 2. The number of alkyl carbamates (subject to hydrolysis) is 1. The molecule has 5 nitrogen and oxygen atoms in total. The lowest BCUT2D eigenvalue weighted by Crippen LogP contribution is -2.32. The van der Waals surface area contributed by atoms with Crippen LogP contribution in [0, 0.1) is 6.92 Å². The fourth-order valence-corrected chi connectivity index (χ4v) is 1.42. The quantitative estimate of drug-likeness (QED) is 0.896. The topological polar surface area (TPSA) is 56.2 Å². The van der Waals surface area contributed by atoms with E-state index in [0.717, 1.165) is 11.3 Å². The highest BCUT2D eigenvalue weighted by Gasteiger charge is 2.14. The van der Waals surface area contributed by atoms with Gasteiger partial charge in [0.25, 0.3) is 0 Å². The van der Waals surface area contributed by atoms with Gasteiger partial charge in [-0.25, -0.2) is 4.79 Å². The molecule has 0 saturated carbocycles. The summed E-state index contributed by atoms with van der Waals surface area (Å²) in [6.45, 7) is 7.88. The van der Waals surface area contributed by atoms with Gasteiger partial charge in [0.05, 0.1) is 5.69 Å². The van der Waals surface area contributed by atoms with E-state index in [9.17, 15) is 4.79 Å². The van der Waals surface area contributed by atoms with Crippen LogP contribution in [-0.2, 0) is 11.8 Å². The molecule has 0 saturated heterocycles. The first kappa shape index (κ1) is 14.3. The minimum atomic E-state index is -0.465. The van der Waals surface area contributed by atoms with Gasteiger partial charge in [0.15, 0.2) is 0 Å². The Morgan fingerprint density at radius 2 is 2.22 bits per heavy atom. The summed E-state index contributed by atoms with van der Waals surface area (Å²) < 4.78 is 6.88. The van der Waals surface area contributed by atoms with Gasteiger partial charge >= 0.3 is 6.09 Å². The number of nitrogens with zero attached hydrogens (tertiary/aromatic N) is 2. The Labute approximate surface area is 108 Å². The molecule has 0 radical (unpaired) electrons. The van der Waals surface area contributed by atoms with Crippen LogP contribution in [0.3, 0.4) is 0 Å². The van der Waals surface area contributed by atoms with Crippen LogP contribution in [0.15, 0.2) is 12.3 Å². The van der Waals surface area contributed by atoms with Gasteiger partial charge in [-0.3, -0.25) is 4.68 Å².